The van der Waals surface area contributed by atoms with Crippen LogP contribution in [0.1, 0.15) is 5.69 Å². The molecule has 0 aliphatic heterocycles. The highest BCUT2D eigenvalue weighted by molar-refractivity contribution is 7.10. The molecule has 0 saturated carbocycles. The zero-order valence-corrected chi connectivity index (χ0v) is 9.96. The molecular formula is C9H9N7OS. The lowest BCUT2D eigenvalue weighted by atomic mass is 10.4. The van der Waals surface area contributed by atoms with Crippen molar-refractivity contribution in [3.05, 3.63) is 40.6 Å². The van der Waals surface area contributed by atoms with Gasteiger partial charge in [-0.2, -0.15) is 0 Å². The van der Waals surface area contributed by atoms with Crippen LogP contribution in [0.2, 0.25) is 0 Å². The van der Waals surface area contributed by atoms with E-state index < -0.39 is 0 Å². The smallest absolute Gasteiger partial charge is 0.313 e. The van der Waals surface area contributed by atoms with Crippen molar-refractivity contribution in [2.24, 2.45) is 5.84 Å². The number of nitrogens with zero attached hydrogens (tertiary/aromatic N) is 5. The molecule has 8 nitrogen and oxygen atoms in total. The number of hydrogen-bond acceptors (Lipinski definition) is 7. The molecular weight excluding hydrogens is 254 g/mol. The maximum absolute atomic E-state index is 12.0. The van der Waals surface area contributed by atoms with Crippen molar-refractivity contribution in [1.29, 1.82) is 0 Å². The lowest BCUT2D eigenvalue weighted by molar-refractivity contribution is 0.645. The van der Waals surface area contributed by atoms with Crippen molar-refractivity contribution in [2.45, 2.75) is 6.54 Å². The maximum atomic E-state index is 12.0. The highest BCUT2D eigenvalue weighted by atomic mass is 32.1. The molecule has 3 aromatic heterocycles. The largest absolute Gasteiger partial charge is 0.350 e. The van der Waals surface area contributed by atoms with Crippen molar-refractivity contribution in [3.63, 3.8) is 0 Å². The number of fused-ring (bicyclic) bond motifs is 1. The molecule has 0 radical (unpaired) electrons. The van der Waals surface area contributed by atoms with Gasteiger partial charge in [-0.05, 0) is 12.1 Å². The molecule has 0 amide bonds. The molecule has 0 aliphatic carbocycles. The summed E-state index contributed by atoms with van der Waals surface area (Å²) in [5.41, 5.74) is 3.45. The number of pyridine rings is 1. The zero-order valence-electron chi connectivity index (χ0n) is 9.15. The number of hydrogen-bond donors (Lipinski definition) is 2. The fourth-order valence-electron chi connectivity index (χ4n) is 1.63. The first-order chi connectivity index (χ1) is 8.79. The Morgan fingerprint density at radius 3 is 3.11 bits per heavy atom. The van der Waals surface area contributed by atoms with Crippen molar-refractivity contribution < 1.29 is 0 Å². The van der Waals surface area contributed by atoms with Crippen molar-refractivity contribution in [1.82, 2.24) is 23.8 Å². The molecule has 92 valence electrons. The first-order valence-electron chi connectivity index (χ1n) is 5.11. The number of anilines is 1. The fourth-order valence-corrected chi connectivity index (χ4v) is 2.12. The van der Waals surface area contributed by atoms with Crippen LogP contribution in [0.5, 0.6) is 0 Å². The molecule has 0 aromatic carbocycles. The van der Waals surface area contributed by atoms with Crippen molar-refractivity contribution >= 4 is 22.2 Å². The third-order valence-electron chi connectivity index (χ3n) is 2.47. The number of hydrazine groups is 1. The van der Waals surface area contributed by atoms with Crippen LogP contribution in [0.25, 0.3) is 5.65 Å². The molecule has 0 aliphatic rings. The quantitative estimate of drug-likeness (QED) is 0.496. The van der Waals surface area contributed by atoms with Gasteiger partial charge in [0, 0.05) is 17.7 Å². The van der Waals surface area contributed by atoms with E-state index in [4.69, 9.17) is 5.84 Å². The first-order valence-corrected chi connectivity index (χ1v) is 5.89. The molecule has 3 rings (SSSR count). The van der Waals surface area contributed by atoms with Crippen LogP contribution in [-0.4, -0.2) is 23.8 Å². The number of aromatic nitrogens is 5. The van der Waals surface area contributed by atoms with Crippen molar-refractivity contribution in [2.75, 3.05) is 5.43 Å². The Balaban J connectivity index is 2.05. The average Bonchev–Trinajstić information content (AvgIpc) is 2.96. The highest BCUT2D eigenvalue weighted by Crippen LogP contribution is 2.16. The second kappa shape index (κ2) is 4.20. The minimum absolute atomic E-state index is 0.221. The van der Waals surface area contributed by atoms with E-state index in [0.717, 1.165) is 11.5 Å². The summed E-state index contributed by atoms with van der Waals surface area (Å²) in [6, 6.07) is 5.36. The Morgan fingerprint density at radius 2 is 2.33 bits per heavy atom. The van der Waals surface area contributed by atoms with E-state index in [1.54, 1.807) is 18.3 Å². The summed E-state index contributed by atoms with van der Waals surface area (Å²) in [4.78, 5) is 12.0. The monoisotopic (exact) mass is 263 g/mol. The second-order valence-corrected chi connectivity index (χ2v) is 4.32. The molecule has 0 atom stereocenters. The molecule has 0 spiro atoms. The summed E-state index contributed by atoms with van der Waals surface area (Å²) in [6.07, 6.45) is 1.67. The summed E-state index contributed by atoms with van der Waals surface area (Å²) >= 11 is 1.13. The van der Waals surface area contributed by atoms with Gasteiger partial charge < -0.3 is 5.43 Å². The van der Waals surface area contributed by atoms with E-state index >= 15 is 0 Å². The first kappa shape index (κ1) is 10.9. The van der Waals surface area contributed by atoms with E-state index in [1.165, 1.54) is 9.08 Å². The molecule has 0 bridgehead atoms. The molecule has 3 N–H and O–H groups in total. The lowest BCUT2D eigenvalue weighted by Gasteiger charge is -1.98. The lowest BCUT2D eigenvalue weighted by Crippen LogP contribution is -2.22. The van der Waals surface area contributed by atoms with Gasteiger partial charge >= 0.3 is 5.69 Å². The van der Waals surface area contributed by atoms with Gasteiger partial charge in [-0.3, -0.25) is 4.40 Å². The second-order valence-electron chi connectivity index (χ2n) is 3.56. The van der Waals surface area contributed by atoms with E-state index in [2.05, 4.69) is 20.1 Å². The van der Waals surface area contributed by atoms with Crippen molar-refractivity contribution in [3.8, 4) is 0 Å². The van der Waals surface area contributed by atoms with Gasteiger partial charge in [0.05, 0.1) is 6.54 Å². The van der Waals surface area contributed by atoms with Crippen LogP contribution in [0.15, 0.2) is 29.2 Å². The molecule has 3 aromatic rings. The predicted octanol–water partition coefficient (Wildman–Crippen LogP) is -0.319. The van der Waals surface area contributed by atoms with Crippen LogP contribution in [0, 0.1) is 0 Å². The molecule has 9 heteroatoms. The third kappa shape index (κ3) is 1.65. The van der Waals surface area contributed by atoms with E-state index in [-0.39, 0.29) is 12.2 Å². The summed E-state index contributed by atoms with van der Waals surface area (Å²) < 4.78 is 6.57. The molecule has 3 heterocycles. The zero-order chi connectivity index (χ0) is 12.5. The highest BCUT2D eigenvalue weighted by Gasteiger charge is 2.11. The Bertz CT molecular complexity index is 743. The van der Waals surface area contributed by atoms with Gasteiger partial charge in [-0.1, -0.05) is 10.6 Å². The normalized spacial score (nSPS) is 10.9. The molecule has 18 heavy (non-hydrogen) atoms. The van der Waals surface area contributed by atoms with Crippen LogP contribution in [0.4, 0.5) is 5.00 Å². The van der Waals surface area contributed by atoms with E-state index in [1.807, 2.05) is 6.07 Å². The average molecular weight is 263 g/mol. The third-order valence-corrected chi connectivity index (χ3v) is 3.17. The number of rotatable bonds is 3. The molecule has 0 fully saturated rings. The van der Waals surface area contributed by atoms with Crippen LogP contribution in [-0.2, 0) is 6.54 Å². The van der Waals surface area contributed by atoms with Gasteiger partial charge in [0.25, 0.3) is 0 Å². The topological polar surface area (TPSA) is 103 Å². The van der Waals surface area contributed by atoms with E-state index in [9.17, 15) is 4.79 Å². The van der Waals surface area contributed by atoms with Gasteiger partial charge in [-0.15, -0.1) is 10.2 Å². The summed E-state index contributed by atoms with van der Waals surface area (Å²) in [6.45, 7) is 0.233. The Morgan fingerprint density at radius 1 is 1.44 bits per heavy atom. The molecule has 0 unspecified atom stereocenters. The minimum Gasteiger partial charge on any atom is -0.313 e. The number of nitrogens with one attached hydrogen (secondary N) is 1. The predicted molar refractivity (Wildman–Crippen MR) is 66.3 cm³/mol. The molecule has 0 saturated heterocycles. The van der Waals surface area contributed by atoms with Gasteiger partial charge in [0.15, 0.2) is 5.65 Å². The number of nitrogen functional groups attached to an aromatic ring is 1. The van der Waals surface area contributed by atoms with Crippen LogP contribution >= 0.6 is 11.5 Å². The minimum atomic E-state index is -0.221. The Kier molecular flexibility index (Phi) is 2.54. The standard InChI is InChI=1S/C9H9N7OS/c10-11-8-6(12-14-18-8)5-16-9(17)15-4-2-1-3-7(15)13-16/h1-4,11H,5,10H2. The Hall–Kier alpha value is -2.26. The Labute approximate surface area is 105 Å². The summed E-state index contributed by atoms with van der Waals surface area (Å²) in [5, 5.41) is 8.73. The van der Waals surface area contributed by atoms with Gasteiger partial charge in [0.1, 0.15) is 10.7 Å². The summed E-state index contributed by atoms with van der Waals surface area (Å²) in [5.74, 6) is 5.33. The SMILES string of the molecule is NNc1snnc1Cn1nc2ccccn2c1=O. The van der Waals surface area contributed by atoms with Crippen LogP contribution < -0.4 is 17.0 Å². The number of nitrogens with two attached hydrogens (primary N) is 1. The van der Waals surface area contributed by atoms with Gasteiger partial charge in [0.2, 0.25) is 0 Å². The van der Waals surface area contributed by atoms with E-state index in [0.29, 0.717) is 16.3 Å². The van der Waals surface area contributed by atoms with Gasteiger partial charge in [-0.25, -0.2) is 15.3 Å². The maximum Gasteiger partial charge on any atom is 0.350 e. The fraction of sp³-hybridized carbons (Fsp3) is 0.111. The summed E-state index contributed by atoms with van der Waals surface area (Å²) in [7, 11) is 0. The van der Waals surface area contributed by atoms with Crippen LogP contribution in [0.3, 0.4) is 0 Å².